The van der Waals surface area contributed by atoms with Gasteiger partial charge in [-0.3, -0.25) is 0 Å². The van der Waals surface area contributed by atoms with Crippen molar-refractivity contribution in [1.29, 1.82) is 0 Å². The molecular weight excluding hydrogens is 307 g/mol. The predicted octanol–water partition coefficient (Wildman–Crippen LogP) is 5.23. The molecule has 0 aliphatic rings. The highest BCUT2D eigenvalue weighted by molar-refractivity contribution is 6.49. The van der Waals surface area contributed by atoms with Crippen LogP contribution in [-0.4, -0.2) is 14.0 Å². The highest BCUT2D eigenvalue weighted by Gasteiger charge is 2.38. The lowest BCUT2D eigenvalue weighted by Gasteiger charge is -2.20. The molecule has 1 radical (unpaired) electrons. The lowest BCUT2D eigenvalue weighted by molar-refractivity contribution is -0.141. The molecule has 2 rings (SSSR count). The summed E-state index contributed by atoms with van der Waals surface area (Å²) in [7, 11) is -1.32. The number of para-hydroxylation sites is 1. The second kappa shape index (κ2) is 6.69. The molecule has 1 aromatic carbocycles. The molecule has 0 N–H and O–H groups in total. The van der Waals surface area contributed by atoms with Gasteiger partial charge in [0.1, 0.15) is 5.75 Å². The number of pyridine rings is 1. The molecule has 6 heteroatoms. The van der Waals surface area contributed by atoms with Gasteiger partial charge in [-0.05, 0) is 32.0 Å². The van der Waals surface area contributed by atoms with E-state index in [4.69, 9.17) is 4.43 Å². The fourth-order valence-electron chi connectivity index (χ4n) is 2.37. The zero-order chi connectivity index (χ0) is 16.3. The summed E-state index contributed by atoms with van der Waals surface area (Å²) in [6.07, 6.45) is -2.23. The van der Waals surface area contributed by atoms with Crippen LogP contribution in [0.5, 0.6) is 5.75 Å². The Hall–Kier alpha value is -1.56. The highest BCUT2D eigenvalue weighted by atomic mass is 28.3. The number of benzene rings is 1. The van der Waals surface area contributed by atoms with Crippen LogP contribution in [0.2, 0.25) is 13.1 Å². The van der Waals surface area contributed by atoms with Gasteiger partial charge in [-0.15, -0.1) is 0 Å². The van der Waals surface area contributed by atoms with E-state index in [1.807, 2.05) is 32.2 Å². The molecule has 0 unspecified atom stereocenters. The highest BCUT2D eigenvalue weighted by Crippen LogP contribution is 2.40. The molecule has 1 aromatic heterocycles. The van der Waals surface area contributed by atoms with Crippen LogP contribution in [0.1, 0.15) is 31.0 Å². The van der Waals surface area contributed by atoms with Crippen molar-refractivity contribution in [3.63, 3.8) is 0 Å². The molecule has 22 heavy (non-hydrogen) atoms. The van der Waals surface area contributed by atoms with Crippen LogP contribution in [0.4, 0.5) is 13.2 Å². The molecule has 0 bridgehead atoms. The van der Waals surface area contributed by atoms with E-state index in [1.54, 1.807) is 12.1 Å². The maximum atomic E-state index is 13.4. The molecule has 0 atom stereocenters. The molecule has 2 nitrogen and oxygen atoms in total. The van der Waals surface area contributed by atoms with E-state index in [0.717, 1.165) is 18.2 Å². The number of alkyl halides is 3. The van der Waals surface area contributed by atoms with Gasteiger partial charge in [0, 0.05) is 10.9 Å². The first kappa shape index (κ1) is 16.8. The lowest BCUT2D eigenvalue weighted by Crippen LogP contribution is -2.19. The van der Waals surface area contributed by atoms with Crippen LogP contribution in [0.25, 0.3) is 10.9 Å². The zero-order valence-electron chi connectivity index (χ0n) is 12.9. The van der Waals surface area contributed by atoms with Crippen LogP contribution in [0.15, 0.2) is 24.3 Å². The Morgan fingerprint density at radius 2 is 1.86 bits per heavy atom. The van der Waals surface area contributed by atoms with Gasteiger partial charge in [0.05, 0.1) is 5.52 Å². The minimum absolute atomic E-state index is 0.0708. The van der Waals surface area contributed by atoms with Crippen molar-refractivity contribution in [2.45, 2.75) is 45.5 Å². The van der Waals surface area contributed by atoms with Crippen molar-refractivity contribution in [2.75, 3.05) is 0 Å². The first-order valence-electron chi connectivity index (χ1n) is 7.31. The maximum absolute atomic E-state index is 13.4. The van der Waals surface area contributed by atoms with E-state index in [1.165, 1.54) is 0 Å². The fourth-order valence-corrected chi connectivity index (χ4v) is 3.00. The Bertz CT molecular complexity index is 656. The van der Waals surface area contributed by atoms with Crippen LogP contribution >= 0.6 is 0 Å². The Morgan fingerprint density at radius 3 is 2.45 bits per heavy atom. The number of unbranched alkanes of at least 4 members (excludes halogenated alkanes) is 1. The molecule has 0 saturated heterocycles. The second-order valence-corrected chi connectivity index (χ2v) is 7.42. The van der Waals surface area contributed by atoms with E-state index in [0.29, 0.717) is 17.5 Å². The minimum Gasteiger partial charge on any atom is -0.541 e. The summed E-state index contributed by atoms with van der Waals surface area (Å²) >= 11 is 0. The largest absolute Gasteiger partial charge is 0.541 e. The third kappa shape index (κ3) is 3.60. The van der Waals surface area contributed by atoms with Gasteiger partial charge in [0.25, 0.3) is 9.04 Å². The first-order valence-corrected chi connectivity index (χ1v) is 9.72. The average Bonchev–Trinajstić information content (AvgIpc) is 2.43. The summed E-state index contributed by atoms with van der Waals surface area (Å²) in [6, 6.07) is 6.96. The number of fused-ring (bicyclic) bond motifs is 1. The van der Waals surface area contributed by atoms with Crippen molar-refractivity contribution in [3.8, 4) is 5.75 Å². The molecule has 0 aliphatic carbocycles. The van der Waals surface area contributed by atoms with E-state index in [9.17, 15) is 13.2 Å². The molecule has 0 amide bonds. The van der Waals surface area contributed by atoms with Gasteiger partial charge in [-0.25, -0.2) is 4.98 Å². The van der Waals surface area contributed by atoms with Gasteiger partial charge in [0.15, 0.2) is 5.69 Å². The van der Waals surface area contributed by atoms with Gasteiger partial charge in [-0.2, -0.15) is 13.2 Å². The van der Waals surface area contributed by atoms with E-state index < -0.39 is 20.9 Å². The molecule has 0 aliphatic heterocycles. The quantitative estimate of drug-likeness (QED) is 0.702. The maximum Gasteiger partial charge on any atom is 0.437 e. The molecule has 2 aromatic rings. The topological polar surface area (TPSA) is 22.1 Å². The standard InChI is InChI=1S/C16H19F3NOSi/c1-4-5-8-12-11-9-6-7-10-13(11)20-15(16(17,18)19)14(12)21-22(2)3/h6-7,9-10H,4-5,8H2,1-3H3. The van der Waals surface area contributed by atoms with Crippen LogP contribution in [-0.2, 0) is 12.6 Å². The Morgan fingerprint density at radius 1 is 1.18 bits per heavy atom. The molecule has 0 fully saturated rings. The monoisotopic (exact) mass is 326 g/mol. The third-order valence-corrected chi connectivity index (χ3v) is 3.92. The van der Waals surface area contributed by atoms with Crippen molar-refractivity contribution < 1.29 is 17.6 Å². The second-order valence-electron chi connectivity index (χ2n) is 5.40. The predicted molar refractivity (Wildman–Crippen MR) is 83.5 cm³/mol. The molecule has 0 spiro atoms. The van der Waals surface area contributed by atoms with Crippen LogP contribution < -0.4 is 4.43 Å². The SMILES string of the molecule is CCCCc1c(O[Si](C)C)c(C(F)(F)F)nc2ccccc12. The van der Waals surface area contributed by atoms with Crippen LogP contribution in [0, 0.1) is 0 Å². The van der Waals surface area contributed by atoms with E-state index in [-0.39, 0.29) is 5.75 Å². The number of nitrogens with zero attached hydrogens (tertiary/aromatic N) is 1. The molecule has 1 heterocycles. The molecular formula is C16H19F3NOSi. The number of hydrogen-bond acceptors (Lipinski definition) is 2. The van der Waals surface area contributed by atoms with Gasteiger partial charge < -0.3 is 4.43 Å². The normalized spacial score (nSPS) is 12.1. The fraction of sp³-hybridized carbons (Fsp3) is 0.438. The lowest BCUT2D eigenvalue weighted by atomic mass is 10.0. The minimum atomic E-state index is -4.52. The molecule has 119 valence electrons. The van der Waals surface area contributed by atoms with Crippen molar-refractivity contribution in [3.05, 3.63) is 35.5 Å². The number of hydrogen-bond donors (Lipinski definition) is 0. The van der Waals surface area contributed by atoms with Crippen molar-refractivity contribution in [2.24, 2.45) is 0 Å². The van der Waals surface area contributed by atoms with Gasteiger partial charge in [0.2, 0.25) is 0 Å². The zero-order valence-corrected chi connectivity index (χ0v) is 13.9. The van der Waals surface area contributed by atoms with Crippen molar-refractivity contribution in [1.82, 2.24) is 4.98 Å². The first-order chi connectivity index (χ1) is 10.3. The number of aryl methyl sites for hydroxylation is 1. The number of rotatable bonds is 5. The van der Waals surface area contributed by atoms with E-state index in [2.05, 4.69) is 4.98 Å². The summed E-state index contributed by atoms with van der Waals surface area (Å²) in [6.45, 7) is 5.66. The smallest absolute Gasteiger partial charge is 0.437 e. The Balaban J connectivity index is 2.75. The molecule has 0 saturated carbocycles. The summed E-state index contributed by atoms with van der Waals surface area (Å²) in [5, 5.41) is 0.752. The van der Waals surface area contributed by atoms with E-state index >= 15 is 0 Å². The summed E-state index contributed by atoms with van der Waals surface area (Å²) < 4.78 is 45.8. The summed E-state index contributed by atoms with van der Waals surface area (Å²) in [5.41, 5.74) is 0.101. The third-order valence-electron chi connectivity index (χ3n) is 3.31. The Kier molecular flexibility index (Phi) is 5.11. The van der Waals surface area contributed by atoms with Gasteiger partial charge in [-0.1, -0.05) is 31.5 Å². The number of aromatic nitrogens is 1. The summed E-state index contributed by atoms with van der Waals surface area (Å²) in [4.78, 5) is 3.83. The van der Waals surface area contributed by atoms with Gasteiger partial charge >= 0.3 is 6.18 Å². The van der Waals surface area contributed by atoms with Crippen molar-refractivity contribution >= 4 is 19.9 Å². The Labute approximate surface area is 130 Å². The summed E-state index contributed by atoms with van der Waals surface area (Å²) in [5.74, 6) is -0.0708. The van der Waals surface area contributed by atoms with Crippen LogP contribution in [0.3, 0.4) is 0 Å². The number of halogens is 3. The average molecular weight is 326 g/mol.